The molecule has 3 rings (SSSR count). The molecule has 0 atom stereocenters. The molecule has 29 heavy (non-hydrogen) atoms. The number of nitrogens with zero attached hydrogens (tertiary/aromatic N) is 1. The number of hydrogen-bond donors (Lipinski definition) is 1. The second kappa shape index (κ2) is 8.79. The molecule has 1 saturated heterocycles. The van der Waals surface area contributed by atoms with Gasteiger partial charge in [-0.05, 0) is 50.5 Å². The summed E-state index contributed by atoms with van der Waals surface area (Å²) in [5.74, 6) is -0.824. The van der Waals surface area contributed by atoms with Gasteiger partial charge in [-0.1, -0.05) is 12.5 Å². The Labute approximate surface area is 169 Å². The van der Waals surface area contributed by atoms with E-state index in [0.29, 0.717) is 30.1 Å². The van der Waals surface area contributed by atoms with Gasteiger partial charge in [0.05, 0.1) is 11.2 Å². The fourth-order valence-electron chi connectivity index (χ4n) is 3.20. The number of ether oxygens (including phenoxy) is 1. The van der Waals surface area contributed by atoms with Gasteiger partial charge in [-0.25, -0.2) is 13.2 Å². The standard InChI is InChI=1S/C20H24N2O6S/c1-14-6-7-16(12-18(14)29(25,26)22-9-4-3-5-10-22)21-19(23)13-28-20(24)17-8-11-27-15(17)2/h6-8,11-12H,3-5,9-10,13H2,1-2H3,(H,21,23). The molecule has 8 nitrogen and oxygen atoms in total. The Bertz CT molecular complexity index is 1010. The van der Waals surface area contributed by atoms with Crippen molar-refractivity contribution in [1.82, 2.24) is 4.31 Å². The van der Waals surface area contributed by atoms with E-state index in [-0.39, 0.29) is 10.5 Å². The Kier molecular flexibility index (Phi) is 6.39. The monoisotopic (exact) mass is 420 g/mol. The van der Waals surface area contributed by atoms with Gasteiger partial charge in [-0.15, -0.1) is 0 Å². The number of nitrogens with one attached hydrogen (secondary N) is 1. The number of carbonyl (C=O) groups excluding carboxylic acids is 2. The minimum Gasteiger partial charge on any atom is -0.469 e. The summed E-state index contributed by atoms with van der Waals surface area (Å²) in [6.07, 6.45) is 4.08. The largest absolute Gasteiger partial charge is 0.469 e. The average molecular weight is 420 g/mol. The third kappa shape index (κ3) is 4.86. The number of furan rings is 1. The van der Waals surface area contributed by atoms with Crippen molar-refractivity contribution in [3.8, 4) is 0 Å². The molecule has 1 aliphatic heterocycles. The highest BCUT2D eigenvalue weighted by Crippen LogP contribution is 2.26. The molecular weight excluding hydrogens is 396 g/mol. The lowest BCUT2D eigenvalue weighted by atomic mass is 10.2. The quantitative estimate of drug-likeness (QED) is 0.721. The Hall–Kier alpha value is -2.65. The van der Waals surface area contributed by atoms with Crippen molar-refractivity contribution in [3.63, 3.8) is 0 Å². The van der Waals surface area contributed by atoms with Gasteiger partial charge in [-0.2, -0.15) is 4.31 Å². The zero-order valence-corrected chi connectivity index (χ0v) is 17.3. The lowest BCUT2D eigenvalue weighted by Gasteiger charge is -2.26. The van der Waals surface area contributed by atoms with Gasteiger partial charge in [0.1, 0.15) is 11.3 Å². The summed E-state index contributed by atoms with van der Waals surface area (Å²) in [5, 5.41) is 2.58. The number of esters is 1. The smallest absolute Gasteiger partial charge is 0.342 e. The number of anilines is 1. The Morgan fingerprint density at radius 1 is 1.14 bits per heavy atom. The van der Waals surface area contributed by atoms with Gasteiger partial charge < -0.3 is 14.5 Å². The van der Waals surface area contributed by atoms with Crippen LogP contribution in [-0.2, 0) is 19.6 Å². The molecule has 0 spiro atoms. The number of amides is 1. The molecule has 1 aromatic carbocycles. The maximum Gasteiger partial charge on any atom is 0.342 e. The van der Waals surface area contributed by atoms with Crippen LogP contribution < -0.4 is 5.32 Å². The Morgan fingerprint density at radius 2 is 1.86 bits per heavy atom. The summed E-state index contributed by atoms with van der Waals surface area (Å²) in [5.41, 5.74) is 1.19. The van der Waals surface area contributed by atoms with Crippen molar-refractivity contribution in [2.75, 3.05) is 25.0 Å². The van der Waals surface area contributed by atoms with Gasteiger partial charge in [0, 0.05) is 18.8 Å². The summed E-state index contributed by atoms with van der Waals surface area (Å²) in [6, 6.07) is 6.17. The molecule has 1 fully saturated rings. The molecule has 1 aromatic heterocycles. The molecular formula is C20H24N2O6S. The van der Waals surface area contributed by atoms with Crippen LogP contribution >= 0.6 is 0 Å². The maximum atomic E-state index is 13.0. The fourth-order valence-corrected chi connectivity index (χ4v) is 4.97. The third-order valence-corrected chi connectivity index (χ3v) is 6.86. The van der Waals surface area contributed by atoms with Crippen LogP contribution in [0.25, 0.3) is 0 Å². The van der Waals surface area contributed by atoms with Crippen LogP contribution in [0, 0.1) is 13.8 Å². The van der Waals surface area contributed by atoms with Crippen LogP contribution in [0.15, 0.2) is 39.8 Å². The van der Waals surface area contributed by atoms with Gasteiger partial charge >= 0.3 is 5.97 Å². The highest BCUT2D eigenvalue weighted by atomic mass is 32.2. The van der Waals surface area contributed by atoms with E-state index in [1.54, 1.807) is 26.0 Å². The summed E-state index contributed by atoms with van der Waals surface area (Å²) >= 11 is 0. The van der Waals surface area contributed by atoms with Crippen molar-refractivity contribution in [1.29, 1.82) is 0 Å². The molecule has 0 unspecified atom stereocenters. The van der Waals surface area contributed by atoms with Crippen LogP contribution in [0.4, 0.5) is 5.69 Å². The molecule has 156 valence electrons. The van der Waals surface area contributed by atoms with Crippen LogP contribution in [0.3, 0.4) is 0 Å². The first-order valence-electron chi connectivity index (χ1n) is 9.41. The van der Waals surface area contributed by atoms with E-state index < -0.39 is 28.5 Å². The molecule has 0 radical (unpaired) electrons. The van der Waals surface area contributed by atoms with E-state index in [4.69, 9.17) is 9.15 Å². The normalized spacial score (nSPS) is 15.1. The lowest BCUT2D eigenvalue weighted by molar-refractivity contribution is -0.119. The predicted molar refractivity (Wildman–Crippen MR) is 106 cm³/mol. The second-order valence-corrected chi connectivity index (χ2v) is 8.87. The highest BCUT2D eigenvalue weighted by Gasteiger charge is 2.27. The van der Waals surface area contributed by atoms with E-state index in [2.05, 4.69) is 5.32 Å². The first-order chi connectivity index (χ1) is 13.8. The molecule has 2 aromatic rings. The van der Waals surface area contributed by atoms with E-state index in [1.807, 2.05) is 0 Å². The van der Waals surface area contributed by atoms with Gasteiger partial charge in [0.15, 0.2) is 6.61 Å². The number of rotatable bonds is 6. The van der Waals surface area contributed by atoms with Crippen molar-refractivity contribution in [2.24, 2.45) is 0 Å². The van der Waals surface area contributed by atoms with Gasteiger partial charge in [0.25, 0.3) is 5.91 Å². The zero-order valence-electron chi connectivity index (χ0n) is 16.4. The summed E-state index contributed by atoms with van der Waals surface area (Å²) < 4.78 is 37.4. The van der Waals surface area contributed by atoms with Crippen molar-refractivity contribution < 1.29 is 27.2 Å². The molecule has 9 heteroatoms. The first-order valence-corrected chi connectivity index (χ1v) is 10.8. The Morgan fingerprint density at radius 3 is 2.52 bits per heavy atom. The van der Waals surface area contributed by atoms with Crippen molar-refractivity contribution in [3.05, 3.63) is 47.4 Å². The number of hydrogen-bond acceptors (Lipinski definition) is 6. The predicted octanol–water partition coefficient (Wildman–Crippen LogP) is 2.87. The summed E-state index contributed by atoms with van der Waals surface area (Å²) in [4.78, 5) is 24.3. The fraction of sp³-hybridized carbons (Fsp3) is 0.400. The molecule has 2 heterocycles. The molecule has 0 saturated carbocycles. The van der Waals surface area contributed by atoms with E-state index in [9.17, 15) is 18.0 Å². The molecule has 0 bridgehead atoms. The van der Waals surface area contributed by atoms with Crippen LogP contribution in [-0.4, -0.2) is 44.3 Å². The van der Waals surface area contributed by atoms with Gasteiger partial charge in [0.2, 0.25) is 10.0 Å². The molecule has 1 N–H and O–H groups in total. The summed E-state index contributed by atoms with van der Waals surface area (Å²) in [7, 11) is -3.62. The topological polar surface area (TPSA) is 106 Å². The number of carbonyl (C=O) groups is 2. The average Bonchev–Trinajstić information content (AvgIpc) is 3.14. The minimum absolute atomic E-state index is 0.170. The third-order valence-electron chi connectivity index (χ3n) is 4.82. The highest BCUT2D eigenvalue weighted by molar-refractivity contribution is 7.89. The van der Waals surface area contributed by atoms with Crippen LogP contribution in [0.1, 0.15) is 40.9 Å². The van der Waals surface area contributed by atoms with Crippen molar-refractivity contribution in [2.45, 2.75) is 38.0 Å². The number of aryl methyl sites for hydroxylation is 2. The number of piperidine rings is 1. The lowest BCUT2D eigenvalue weighted by Crippen LogP contribution is -2.36. The second-order valence-electron chi connectivity index (χ2n) is 6.96. The van der Waals surface area contributed by atoms with Crippen LogP contribution in [0.2, 0.25) is 0 Å². The maximum absolute atomic E-state index is 13.0. The molecule has 0 aliphatic carbocycles. The van der Waals surface area contributed by atoms with E-state index in [0.717, 1.165) is 19.3 Å². The van der Waals surface area contributed by atoms with E-state index in [1.165, 1.54) is 22.7 Å². The molecule has 1 aliphatic rings. The SMILES string of the molecule is Cc1ccc(NC(=O)COC(=O)c2ccoc2C)cc1S(=O)(=O)N1CCCCC1. The minimum atomic E-state index is -3.62. The number of benzene rings is 1. The Balaban J connectivity index is 1.67. The number of sulfonamides is 1. The summed E-state index contributed by atoms with van der Waals surface area (Å²) in [6.45, 7) is 3.85. The van der Waals surface area contributed by atoms with Gasteiger partial charge in [-0.3, -0.25) is 4.79 Å². The van der Waals surface area contributed by atoms with E-state index >= 15 is 0 Å². The van der Waals surface area contributed by atoms with Crippen LogP contribution in [0.5, 0.6) is 0 Å². The zero-order chi connectivity index (χ0) is 21.0. The molecule has 1 amide bonds. The van der Waals surface area contributed by atoms with Crippen molar-refractivity contribution >= 4 is 27.6 Å². The first kappa shape index (κ1) is 21.1.